The number of carbonyl (C=O) groups excluding carboxylic acids is 2. The Balaban J connectivity index is 1.65. The van der Waals surface area contributed by atoms with Crippen molar-refractivity contribution in [2.75, 3.05) is 12.9 Å². The Hall–Kier alpha value is -2.56. The third-order valence-electron chi connectivity index (χ3n) is 4.04. The van der Waals surface area contributed by atoms with Gasteiger partial charge in [0.05, 0.1) is 10.6 Å². The first-order chi connectivity index (χ1) is 13.1. The van der Waals surface area contributed by atoms with E-state index in [2.05, 4.69) is 0 Å². The first-order valence-electron chi connectivity index (χ1n) is 8.28. The second-order valence-corrected chi connectivity index (χ2v) is 7.08. The number of carbonyl (C=O) groups is 2. The molecule has 0 unspecified atom stereocenters. The molecule has 3 aromatic rings. The van der Waals surface area contributed by atoms with Gasteiger partial charge in [0, 0.05) is 10.5 Å². The van der Waals surface area contributed by atoms with Crippen LogP contribution < -0.4 is 0 Å². The molecule has 0 bridgehead atoms. The number of halogens is 1. The number of benzene rings is 3. The van der Waals surface area contributed by atoms with Crippen molar-refractivity contribution < 1.29 is 14.3 Å². The fourth-order valence-corrected chi connectivity index (χ4v) is 3.19. The molecule has 27 heavy (non-hydrogen) atoms. The SMILES string of the molecule is CSc1ccc(Cl)c(C(=O)OCC(=O)c2ccc(-c3ccccc3)cc2)c1. The lowest BCUT2D eigenvalue weighted by atomic mass is 10.0. The van der Waals surface area contributed by atoms with E-state index in [0.717, 1.165) is 16.0 Å². The molecule has 0 saturated heterocycles. The number of esters is 1. The number of rotatable bonds is 6. The van der Waals surface area contributed by atoms with Gasteiger partial charge in [-0.3, -0.25) is 4.79 Å². The van der Waals surface area contributed by atoms with Crippen LogP contribution in [0.2, 0.25) is 5.02 Å². The van der Waals surface area contributed by atoms with E-state index >= 15 is 0 Å². The molecule has 0 aromatic heterocycles. The fourth-order valence-electron chi connectivity index (χ4n) is 2.56. The van der Waals surface area contributed by atoms with Gasteiger partial charge in [0.2, 0.25) is 0 Å². The lowest BCUT2D eigenvalue weighted by Gasteiger charge is -2.08. The Labute approximate surface area is 167 Å². The Bertz CT molecular complexity index is 953. The summed E-state index contributed by atoms with van der Waals surface area (Å²) in [7, 11) is 0. The summed E-state index contributed by atoms with van der Waals surface area (Å²) in [6, 6.07) is 22.3. The highest BCUT2D eigenvalue weighted by atomic mass is 35.5. The number of ether oxygens (including phenoxy) is 1. The zero-order chi connectivity index (χ0) is 19.2. The zero-order valence-electron chi connectivity index (χ0n) is 14.6. The summed E-state index contributed by atoms with van der Waals surface area (Å²) in [6.07, 6.45) is 1.90. The summed E-state index contributed by atoms with van der Waals surface area (Å²) >= 11 is 7.56. The monoisotopic (exact) mass is 396 g/mol. The van der Waals surface area contributed by atoms with Crippen molar-refractivity contribution in [1.29, 1.82) is 0 Å². The molecule has 0 radical (unpaired) electrons. The van der Waals surface area contributed by atoms with Gasteiger partial charge >= 0.3 is 5.97 Å². The molecule has 0 aliphatic heterocycles. The van der Waals surface area contributed by atoms with Crippen LogP contribution in [-0.2, 0) is 4.74 Å². The van der Waals surface area contributed by atoms with Crippen molar-refractivity contribution in [1.82, 2.24) is 0 Å². The van der Waals surface area contributed by atoms with Gasteiger partial charge in [-0.2, -0.15) is 0 Å². The van der Waals surface area contributed by atoms with E-state index in [0.29, 0.717) is 10.6 Å². The van der Waals surface area contributed by atoms with E-state index in [4.69, 9.17) is 16.3 Å². The molecule has 0 heterocycles. The molecule has 3 rings (SSSR count). The highest BCUT2D eigenvalue weighted by molar-refractivity contribution is 7.98. The van der Waals surface area contributed by atoms with E-state index in [-0.39, 0.29) is 18.0 Å². The maximum absolute atomic E-state index is 12.3. The molecule has 3 nitrogen and oxygen atoms in total. The van der Waals surface area contributed by atoms with Gasteiger partial charge in [-0.1, -0.05) is 66.2 Å². The molecule has 0 saturated carbocycles. The topological polar surface area (TPSA) is 43.4 Å². The Morgan fingerprint density at radius 2 is 1.59 bits per heavy atom. The standard InChI is InChI=1S/C22H17ClO3S/c1-27-18-11-12-20(23)19(13-18)22(25)26-14-21(24)17-9-7-16(8-10-17)15-5-3-2-4-6-15/h2-13H,14H2,1H3. The molecule has 0 atom stereocenters. The van der Waals surface area contributed by atoms with E-state index in [1.54, 1.807) is 24.3 Å². The van der Waals surface area contributed by atoms with Gasteiger partial charge in [-0.15, -0.1) is 11.8 Å². The van der Waals surface area contributed by atoms with Crippen LogP contribution in [0.5, 0.6) is 0 Å². The quantitative estimate of drug-likeness (QED) is 0.301. The fraction of sp³-hybridized carbons (Fsp3) is 0.0909. The van der Waals surface area contributed by atoms with Gasteiger partial charge < -0.3 is 4.74 Å². The van der Waals surface area contributed by atoms with Crippen molar-refractivity contribution in [3.05, 3.63) is 88.9 Å². The molecule has 0 N–H and O–H groups in total. The maximum atomic E-state index is 12.3. The van der Waals surface area contributed by atoms with E-state index in [1.807, 2.05) is 54.8 Å². The Kier molecular flexibility index (Phi) is 6.32. The van der Waals surface area contributed by atoms with Crippen LogP contribution in [-0.4, -0.2) is 24.6 Å². The molecular weight excluding hydrogens is 380 g/mol. The number of Topliss-reactive ketones (excluding diaryl/α,β-unsaturated/α-hetero) is 1. The second-order valence-electron chi connectivity index (χ2n) is 5.79. The van der Waals surface area contributed by atoms with Crippen LogP contribution in [0.1, 0.15) is 20.7 Å². The average Bonchev–Trinajstić information content (AvgIpc) is 2.73. The Morgan fingerprint density at radius 3 is 2.26 bits per heavy atom. The third-order valence-corrected chi connectivity index (χ3v) is 5.10. The van der Waals surface area contributed by atoms with Crippen molar-refractivity contribution in [3.63, 3.8) is 0 Å². The molecule has 0 fully saturated rings. The molecule has 0 spiro atoms. The van der Waals surface area contributed by atoms with Crippen molar-refractivity contribution in [2.24, 2.45) is 0 Å². The maximum Gasteiger partial charge on any atom is 0.340 e. The highest BCUT2D eigenvalue weighted by Crippen LogP contribution is 2.24. The van der Waals surface area contributed by atoms with Gasteiger partial charge in [-0.25, -0.2) is 4.79 Å². The minimum Gasteiger partial charge on any atom is -0.454 e. The minimum atomic E-state index is -0.606. The van der Waals surface area contributed by atoms with Crippen LogP contribution in [0.25, 0.3) is 11.1 Å². The molecule has 136 valence electrons. The van der Waals surface area contributed by atoms with Crippen LogP contribution in [0, 0.1) is 0 Å². The van der Waals surface area contributed by atoms with Gasteiger partial charge in [0.1, 0.15) is 0 Å². The summed E-state index contributed by atoms with van der Waals surface area (Å²) in [6.45, 7) is -0.330. The predicted octanol–water partition coefficient (Wildman–Crippen LogP) is 5.77. The smallest absolute Gasteiger partial charge is 0.340 e. The summed E-state index contributed by atoms with van der Waals surface area (Å²) in [5.41, 5.74) is 2.85. The largest absolute Gasteiger partial charge is 0.454 e. The lowest BCUT2D eigenvalue weighted by molar-refractivity contribution is 0.0474. The first-order valence-corrected chi connectivity index (χ1v) is 9.88. The molecule has 0 aliphatic rings. The number of hydrogen-bond donors (Lipinski definition) is 0. The van der Waals surface area contributed by atoms with Crippen LogP contribution in [0.3, 0.4) is 0 Å². The van der Waals surface area contributed by atoms with Crippen LogP contribution >= 0.6 is 23.4 Å². The van der Waals surface area contributed by atoms with E-state index < -0.39 is 5.97 Å². The molecule has 0 amide bonds. The summed E-state index contributed by atoms with van der Waals surface area (Å²) < 4.78 is 5.16. The summed E-state index contributed by atoms with van der Waals surface area (Å²) in [4.78, 5) is 25.5. The lowest BCUT2D eigenvalue weighted by Crippen LogP contribution is -2.14. The van der Waals surface area contributed by atoms with Crippen LogP contribution in [0.15, 0.2) is 77.7 Å². The number of thioether (sulfide) groups is 1. The average molecular weight is 397 g/mol. The van der Waals surface area contributed by atoms with E-state index in [9.17, 15) is 9.59 Å². The first kappa shape index (κ1) is 19.2. The zero-order valence-corrected chi connectivity index (χ0v) is 16.2. The highest BCUT2D eigenvalue weighted by Gasteiger charge is 2.15. The molecular formula is C22H17ClO3S. The van der Waals surface area contributed by atoms with Crippen molar-refractivity contribution in [2.45, 2.75) is 4.90 Å². The number of hydrogen-bond acceptors (Lipinski definition) is 4. The predicted molar refractivity (Wildman–Crippen MR) is 110 cm³/mol. The normalized spacial score (nSPS) is 10.4. The second kappa shape index (κ2) is 8.89. The minimum absolute atomic E-state index is 0.260. The molecule has 3 aromatic carbocycles. The van der Waals surface area contributed by atoms with Gasteiger partial charge in [0.25, 0.3) is 0 Å². The molecule has 0 aliphatic carbocycles. The third kappa shape index (κ3) is 4.79. The van der Waals surface area contributed by atoms with Gasteiger partial charge in [0.15, 0.2) is 12.4 Å². The van der Waals surface area contributed by atoms with Gasteiger partial charge in [-0.05, 0) is 35.6 Å². The molecule has 5 heteroatoms. The van der Waals surface area contributed by atoms with E-state index in [1.165, 1.54) is 11.8 Å². The summed E-state index contributed by atoms with van der Waals surface area (Å²) in [5.74, 6) is -0.870. The van der Waals surface area contributed by atoms with Crippen molar-refractivity contribution in [3.8, 4) is 11.1 Å². The summed E-state index contributed by atoms with van der Waals surface area (Å²) in [5, 5.41) is 0.303. The van der Waals surface area contributed by atoms with Crippen molar-refractivity contribution >= 4 is 35.1 Å². The Morgan fingerprint density at radius 1 is 0.926 bits per heavy atom. The van der Waals surface area contributed by atoms with Crippen LogP contribution in [0.4, 0.5) is 0 Å². The number of ketones is 1.